The van der Waals surface area contributed by atoms with Crippen LogP contribution in [0.1, 0.15) is 29.6 Å². The van der Waals surface area contributed by atoms with E-state index in [0.717, 1.165) is 19.3 Å². The monoisotopic (exact) mass is 274 g/mol. The van der Waals surface area contributed by atoms with Crippen molar-refractivity contribution in [2.45, 2.75) is 19.3 Å². The number of rotatable bonds is 3. The smallest absolute Gasteiger partial charge is 0.338 e. The van der Waals surface area contributed by atoms with E-state index in [1.54, 1.807) is 18.3 Å². The number of fused-ring (bicyclic) bond motifs is 1. The zero-order valence-electron chi connectivity index (χ0n) is 11.0. The highest BCUT2D eigenvalue weighted by molar-refractivity contribution is 5.92. The molecule has 0 atom stereocenters. The normalized spacial score (nSPS) is 14.8. The van der Waals surface area contributed by atoms with E-state index in [1.165, 1.54) is 11.6 Å². The van der Waals surface area contributed by atoms with Gasteiger partial charge in [0.2, 0.25) is 11.9 Å². The molecule has 1 aliphatic rings. The van der Waals surface area contributed by atoms with Crippen LogP contribution in [0.4, 0.5) is 5.95 Å². The van der Waals surface area contributed by atoms with Crippen molar-refractivity contribution in [2.75, 3.05) is 12.4 Å². The van der Waals surface area contributed by atoms with Crippen LogP contribution in [-0.2, 0) is 9.53 Å². The summed E-state index contributed by atoms with van der Waals surface area (Å²) in [6.45, 7) is 0. The third kappa shape index (κ3) is 2.22. The number of carbonyl (C=O) groups is 2. The predicted molar refractivity (Wildman–Crippen MR) is 70.3 cm³/mol. The molecule has 1 fully saturated rings. The van der Waals surface area contributed by atoms with Gasteiger partial charge in [-0.3, -0.25) is 10.1 Å². The maximum atomic E-state index is 11.8. The zero-order chi connectivity index (χ0) is 14.1. The van der Waals surface area contributed by atoms with Gasteiger partial charge in [-0.2, -0.15) is 4.98 Å². The first-order valence-corrected chi connectivity index (χ1v) is 6.43. The van der Waals surface area contributed by atoms with Crippen molar-refractivity contribution in [3.05, 3.63) is 23.9 Å². The molecule has 1 amide bonds. The number of nitrogens with zero attached hydrogens (tertiary/aromatic N) is 3. The van der Waals surface area contributed by atoms with E-state index in [4.69, 9.17) is 0 Å². The van der Waals surface area contributed by atoms with Crippen molar-refractivity contribution in [2.24, 2.45) is 5.92 Å². The summed E-state index contributed by atoms with van der Waals surface area (Å²) in [6, 6.07) is 3.16. The van der Waals surface area contributed by atoms with Crippen LogP contribution in [0.2, 0.25) is 0 Å². The minimum atomic E-state index is -0.435. The maximum absolute atomic E-state index is 11.8. The predicted octanol–water partition coefficient (Wildman–Crippen LogP) is 1.25. The number of methoxy groups -OCH3 is 1. The summed E-state index contributed by atoms with van der Waals surface area (Å²) in [5.41, 5.74) is 0.876. The minimum Gasteiger partial charge on any atom is -0.465 e. The summed E-state index contributed by atoms with van der Waals surface area (Å²) >= 11 is 0. The lowest BCUT2D eigenvalue weighted by molar-refractivity contribution is -0.122. The lowest BCUT2D eigenvalue weighted by Crippen LogP contribution is -2.28. The summed E-state index contributed by atoms with van der Waals surface area (Å²) in [6.07, 6.45) is 4.55. The SMILES string of the molecule is COC(=O)c1ccn2nc(NC(=O)C3CCC3)nc2c1. The van der Waals surface area contributed by atoms with Crippen molar-refractivity contribution in [1.29, 1.82) is 0 Å². The molecule has 104 valence electrons. The molecule has 0 aliphatic heterocycles. The number of nitrogens with one attached hydrogen (secondary N) is 1. The number of carbonyl (C=O) groups excluding carboxylic acids is 2. The van der Waals surface area contributed by atoms with Crippen LogP contribution >= 0.6 is 0 Å². The van der Waals surface area contributed by atoms with Gasteiger partial charge in [0.05, 0.1) is 12.7 Å². The van der Waals surface area contributed by atoms with E-state index in [1.807, 2.05) is 0 Å². The Kier molecular flexibility index (Phi) is 3.09. The Morgan fingerprint density at radius 3 is 2.90 bits per heavy atom. The number of aromatic nitrogens is 3. The fourth-order valence-electron chi connectivity index (χ4n) is 2.06. The van der Waals surface area contributed by atoms with Crippen molar-refractivity contribution in [1.82, 2.24) is 14.6 Å². The molecule has 0 unspecified atom stereocenters. The molecule has 2 aromatic rings. The first kappa shape index (κ1) is 12.6. The van der Waals surface area contributed by atoms with Crippen molar-refractivity contribution >= 4 is 23.5 Å². The van der Waals surface area contributed by atoms with Crippen molar-refractivity contribution in [3.63, 3.8) is 0 Å². The molecule has 0 bridgehead atoms. The minimum absolute atomic E-state index is 0.0413. The fourth-order valence-corrected chi connectivity index (χ4v) is 2.06. The van der Waals surface area contributed by atoms with E-state index < -0.39 is 5.97 Å². The molecule has 20 heavy (non-hydrogen) atoms. The highest BCUT2D eigenvalue weighted by atomic mass is 16.5. The molecule has 1 N–H and O–H groups in total. The number of amides is 1. The molecular formula is C13H14N4O3. The zero-order valence-corrected chi connectivity index (χ0v) is 11.0. The topological polar surface area (TPSA) is 85.6 Å². The van der Waals surface area contributed by atoms with Gasteiger partial charge in [0.1, 0.15) is 0 Å². The lowest BCUT2D eigenvalue weighted by atomic mass is 9.85. The molecule has 0 saturated heterocycles. The Balaban J connectivity index is 1.82. The Bertz CT molecular complexity index is 675. The first-order valence-electron chi connectivity index (χ1n) is 6.43. The van der Waals surface area contributed by atoms with Gasteiger partial charge in [0.15, 0.2) is 5.65 Å². The molecule has 1 saturated carbocycles. The first-order chi connectivity index (χ1) is 9.67. The van der Waals surface area contributed by atoms with E-state index >= 15 is 0 Å². The number of hydrogen-bond acceptors (Lipinski definition) is 5. The summed E-state index contributed by atoms with van der Waals surface area (Å²) < 4.78 is 6.15. The number of hydrogen-bond donors (Lipinski definition) is 1. The number of esters is 1. The summed E-state index contributed by atoms with van der Waals surface area (Å²) in [5.74, 6) is -0.146. The molecule has 7 heteroatoms. The average molecular weight is 274 g/mol. The van der Waals surface area contributed by atoms with Crippen LogP contribution in [0.15, 0.2) is 18.3 Å². The van der Waals surface area contributed by atoms with Crippen LogP contribution in [0, 0.1) is 5.92 Å². The van der Waals surface area contributed by atoms with Crippen LogP contribution < -0.4 is 5.32 Å². The van der Waals surface area contributed by atoms with E-state index in [0.29, 0.717) is 11.2 Å². The molecule has 1 aliphatic carbocycles. The largest absolute Gasteiger partial charge is 0.465 e. The second kappa shape index (κ2) is 4.92. The summed E-state index contributed by atoms with van der Waals surface area (Å²) in [7, 11) is 1.32. The van der Waals surface area contributed by atoms with Crippen LogP contribution in [0.5, 0.6) is 0 Å². The van der Waals surface area contributed by atoms with Gasteiger partial charge in [-0.05, 0) is 25.0 Å². The summed E-state index contributed by atoms with van der Waals surface area (Å²) in [5, 5.41) is 6.84. The van der Waals surface area contributed by atoms with Crippen LogP contribution in [-0.4, -0.2) is 33.6 Å². The Morgan fingerprint density at radius 1 is 1.45 bits per heavy atom. The van der Waals surface area contributed by atoms with Gasteiger partial charge >= 0.3 is 5.97 Å². The standard InChI is InChI=1S/C13H14N4O3/c1-20-12(19)9-5-6-17-10(7-9)14-13(16-17)15-11(18)8-3-2-4-8/h5-8H,2-4H2,1H3,(H,15,16,18). The second-order valence-corrected chi connectivity index (χ2v) is 4.76. The van der Waals surface area contributed by atoms with Gasteiger partial charge in [0, 0.05) is 12.1 Å². The molecule has 0 spiro atoms. The Labute approximate surface area is 114 Å². The van der Waals surface area contributed by atoms with E-state index in [9.17, 15) is 9.59 Å². The summed E-state index contributed by atoms with van der Waals surface area (Å²) in [4.78, 5) is 27.4. The number of ether oxygens (including phenoxy) is 1. The Hall–Kier alpha value is -2.44. The number of pyridine rings is 1. The second-order valence-electron chi connectivity index (χ2n) is 4.76. The molecule has 7 nitrogen and oxygen atoms in total. The quantitative estimate of drug-likeness (QED) is 0.851. The van der Waals surface area contributed by atoms with Gasteiger partial charge in [-0.25, -0.2) is 9.31 Å². The molecule has 2 heterocycles. The number of anilines is 1. The van der Waals surface area contributed by atoms with Gasteiger partial charge < -0.3 is 4.74 Å². The lowest BCUT2D eigenvalue weighted by Gasteiger charge is -2.22. The molecule has 3 rings (SSSR count). The molecular weight excluding hydrogens is 260 g/mol. The molecule has 2 aromatic heterocycles. The average Bonchev–Trinajstić information content (AvgIpc) is 2.76. The van der Waals surface area contributed by atoms with Gasteiger partial charge in [0.25, 0.3) is 0 Å². The highest BCUT2D eigenvalue weighted by Crippen LogP contribution is 2.27. The van der Waals surface area contributed by atoms with Crippen molar-refractivity contribution in [3.8, 4) is 0 Å². The Morgan fingerprint density at radius 2 is 2.25 bits per heavy atom. The van der Waals surface area contributed by atoms with Crippen LogP contribution in [0.25, 0.3) is 5.65 Å². The third-order valence-corrected chi connectivity index (χ3v) is 3.47. The van der Waals surface area contributed by atoms with Crippen molar-refractivity contribution < 1.29 is 14.3 Å². The highest BCUT2D eigenvalue weighted by Gasteiger charge is 2.26. The molecule has 0 aromatic carbocycles. The third-order valence-electron chi connectivity index (χ3n) is 3.47. The van der Waals surface area contributed by atoms with Gasteiger partial charge in [-0.15, -0.1) is 5.10 Å². The van der Waals surface area contributed by atoms with Gasteiger partial charge in [-0.1, -0.05) is 6.42 Å². The fraction of sp³-hybridized carbons (Fsp3) is 0.385. The van der Waals surface area contributed by atoms with Crippen LogP contribution in [0.3, 0.4) is 0 Å². The van der Waals surface area contributed by atoms with E-state index in [2.05, 4.69) is 20.1 Å². The maximum Gasteiger partial charge on any atom is 0.338 e. The van der Waals surface area contributed by atoms with E-state index in [-0.39, 0.29) is 17.8 Å². The molecule has 0 radical (unpaired) electrons.